The zero-order valence-electron chi connectivity index (χ0n) is 12.4. The van der Waals surface area contributed by atoms with Gasteiger partial charge >= 0.3 is 0 Å². The van der Waals surface area contributed by atoms with Gasteiger partial charge in [0.05, 0.1) is 38.9 Å². The summed E-state index contributed by atoms with van der Waals surface area (Å²) in [5.74, 6) is 0.0791. The number of morpholine rings is 1. The van der Waals surface area contributed by atoms with Gasteiger partial charge in [-0.25, -0.2) is 0 Å². The van der Waals surface area contributed by atoms with Gasteiger partial charge in [0.2, 0.25) is 5.91 Å². The van der Waals surface area contributed by atoms with Gasteiger partial charge in [0.25, 0.3) is 0 Å². The number of carbonyl (C=O) groups excluding carboxylic acids is 1. The molecule has 2 aliphatic rings. The second-order valence-electron chi connectivity index (χ2n) is 5.87. The van der Waals surface area contributed by atoms with Gasteiger partial charge < -0.3 is 18.8 Å². The summed E-state index contributed by atoms with van der Waals surface area (Å²) < 4.78 is 16.8. The number of furan rings is 1. The van der Waals surface area contributed by atoms with E-state index >= 15 is 0 Å². The van der Waals surface area contributed by atoms with Crippen molar-refractivity contribution in [3.63, 3.8) is 0 Å². The van der Waals surface area contributed by atoms with Crippen LogP contribution in [0, 0.1) is 0 Å². The topological polar surface area (TPSA) is 55.2 Å². The van der Waals surface area contributed by atoms with Crippen LogP contribution in [0.2, 0.25) is 0 Å². The molecule has 2 aliphatic heterocycles. The van der Waals surface area contributed by atoms with Crippen LogP contribution in [0.4, 0.5) is 0 Å². The van der Waals surface area contributed by atoms with Crippen LogP contribution < -0.4 is 0 Å². The van der Waals surface area contributed by atoms with Crippen molar-refractivity contribution in [1.29, 1.82) is 0 Å². The Kier molecular flexibility index (Phi) is 4.28. The van der Waals surface area contributed by atoms with Crippen LogP contribution in [0.1, 0.15) is 12.5 Å². The Hall–Kier alpha value is -1.37. The lowest BCUT2D eigenvalue weighted by molar-refractivity contribution is -0.151. The average Bonchev–Trinajstić information content (AvgIpc) is 2.87. The van der Waals surface area contributed by atoms with Crippen molar-refractivity contribution in [3.8, 4) is 0 Å². The molecule has 3 heterocycles. The Balaban J connectivity index is 1.69. The number of amides is 1. The Bertz CT molecular complexity index is 476. The fraction of sp³-hybridized carbons (Fsp3) is 0.667. The fourth-order valence-electron chi connectivity index (χ4n) is 3.06. The second-order valence-corrected chi connectivity index (χ2v) is 5.87. The number of nitrogens with zero attached hydrogens (tertiary/aromatic N) is 2. The lowest BCUT2D eigenvalue weighted by Crippen LogP contribution is -2.58. The third-order valence-electron chi connectivity index (χ3n) is 4.11. The van der Waals surface area contributed by atoms with Crippen LogP contribution >= 0.6 is 0 Å². The van der Waals surface area contributed by atoms with E-state index < -0.39 is 5.60 Å². The molecule has 0 saturated carbocycles. The molecule has 1 amide bonds. The molecule has 1 spiro atoms. The van der Waals surface area contributed by atoms with Gasteiger partial charge in [-0.1, -0.05) is 0 Å². The minimum Gasteiger partial charge on any atom is -0.472 e. The highest BCUT2D eigenvalue weighted by molar-refractivity contribution is 5.73. The fourth-order valence-corrected chi connectivity index (χ4v) is 3.06. The van der Waals surface area contributed by atoms with Crippen molar-refractivity contribution in [3.05, 3.63) is 24.2 Å². The maximum atomic E-state index is 11.7. The van der Waals surface area contributed by atoms with Crippen molar-refractivity contribution < 1.29 is 18.7 Å². The molecule has 0 bridgehead atoms. The van der Waals surface area contributed by atoms with Crippen LogP contribution in [0.15, 0.2) is 23.0 Å². The zero-order chi connectivity index (χ0) is 14.7. The van der Waals surface area contributed by atoms with E-state index in [-0.39, 0.29) is 5.91 Å². The largest absolute Gasteiger partial charge is 0.472 e. The molecule has 6 nitrogen and oxygen atoms in total. The van der Waals surface area contributed by atoms with E-state index in [9.17, 15) is 4.79 Å². The molecule has 3 rings (SSSR count). The third-order valence-corrected chi connectivity index (χ3v) is 4.11. The molecule has 6 heteroatoms. The molecule has 1 aromatic rings. The van der Waals surface area contributed by atoms with E-state index in [4.69, 9.17) is 13.9 Å². The number of ether oxygens (including phenoxy) is 2. The molecule has 2 saturated heterocycles. The van der Waals surface area contributed by atoms with E-state index in [1.165, 1.54) is 0 Å². The van der Waals surface area contributed by atoms with Gasteiger partial charge in [0.15, 0.2) is 0 Å². The van der Waals surface area contributed by atoms with Gasteiger partial charge in [0.1, 0.15) is 5.60 Å². The van der Waals surface area contributed by atoms with Crippen molar-refractivity contribution in [2.24, 2.45) is 0 Å². The highest BCUT2D eigenvalue weighted by Gasteiger charge is 2.40. The first-order valence-electron chi connectivity index (χ1n) is 7.38. The number of carbonyl (C=O) groups is 1. The number of hydrogen-bond donors (Lipinski definition) is 0. The van der Waals surface area contributed by atoms with Gasteiger partial charge in [-0.05, 0) is 6.07 Å². The molecule has 1 aromatic heterocycles. The Morgan fingerprint density at radius 2 is 2.24 bits per heavy atom. The lowest BCUT2D eigenvalue weighted by atomic mass is 10.0. The van der Waals surface area contributed by atoms with Crippen LogP contribution in [-0.4, -0.2) is 67.3 Å². The van der Waals surface area contributed by atoms with Crippen LogP contribution in [0.25, 0.3) is 0 Å². The van der Waals surface area contributed by atoms with Gasteiger partial charge in [-0.2, -0.15) is 0 Å². The first-order chi connectivity index (χ1) is 10.2. The number of hydrogen-bond acceptors (Lipinski definition) is 5. The summed E-state index contributed by atoms with van der Waals surface area (Å²) in [4.78, 5) is 15.9. The monoisotopic (exact) mass is 294 g/mol. The summed E-state index contributed by atoms with van der Waals surface area (Å²) in [5.41, 5.74) is 0.745. The quantitative estimate of drug-likeness (QED) is 0.805. The molecule has 116 valence electrons. The van der Waals surface area contributed by atoms with Crippen LogP contribution in [0.5, 0.6) is 0 Å². The molecule has 21 heavy (non-hydrogen) atoms. The molecule has 0 aliphatic carbocycles. The third kappa shape index (κ3) is 3.45. The van der Waals surface area contributed by atoms with E-state index in [1.54, 1.807) is 19.5 Å². The summed E-state index contributed by atoms with van der Waals surface area (Å²) in [6.45, 7) is 7.10. The maximum Gasteiger partial charge on any atom is 0.219 e. The molecule has 1 atom stereocenters. The minimum absolute atomic E-state index is 0.0791. The predicted molar refractivity (Wildman–Crippen MR) is 75.7 cm³/mol. The van der Waals surface area contributed by atoms with Gasteiger partial charge in [-0.3, -0.25) is 9.69 Å². The Labute approximate surface area is 124 Å². The van der Waals surface area contributed by atoms with Crippen LogP contribution in [-0.2, 0) is 20.8 Å². The lowest BCUT2D eigenvalue weighted by Gasteiger charge is -2.43. The average molecular weight is 294 g/mol. The molecule has 2 fully saturated rings. The van der Waals surface area contributed by atoms with Crippen molar-refractivity contribution >= 4 is 5.91 Å². The summed E-state index contributed by atoms with van der Waals surface area (Å²) in [6, 6.07) is 1.98. The van der Waals surface area contributed by atoms with Crippen molar-refractivity contribution in [1.82, 2.24) is 9.80 Å². The molecule has 0 radical (unpaired) electrons. The van der Waals surface area contributed by atoms with E-state index in [1.807, 2.05) is 11.0 Å². The van der Waals surface area contributed by atoms with Crippen molar-refractivity contribution in [2.45, 2.75) is 19.1 Å². The SMILES string of the molecule is CC(=O)N1CCOC[C@@]2(CN(Cc3ccoc3)CCO2)C1. The Morgan fingerprint density at radius 1 is 1.33 bits per heavy atom. The smallest absolute Gasteiger partial charge is 0.219 e. The normalized spacial score (nSPS) is 27.8. The van der Waals surface area contributed by atoms with Crippen molar-refractivity contribution in [2.75, 3.05) is 46.0 Å². The standard InChI is InChI=1S/C15H22N2O4/c1-13(18)17-4-6-20-12-15(11-17)10-16(3-7-21-15)8-14-2-5-19-9-14/h2,5,9H,3-4,6-8,10-12H2,1H3/t15-/m1/s1. The predicted octanol–water partition coefficient (Wildman–Crippen LogP) is 0.729. The first kappa shape index (κ1) is 14.6. The second kappa shape index (κ2) is 6.17. The summed E-state index contributed by atoms with van der Waals surface area (Å²) in [6.07, 6.45) is 3.46. The zero-order valence-corrected chi connectivity index (χ0v) is 12.4. The van der Waals surface area contributed by atoms with Gasteiger partial charge in [-0.15, -0.1) is 0 Å². The van der Waals surface area contributed by atoms with Gasteiger partial charge in [0, 0.05) is 38.7 Å². The minimum atomic E-state index is -0.413. The van der Waals surface area contributed by atoms with Crippen LogP contribution in [0.3, 0.4) is 0 Å². The highest BCUT2D eigenvalue weighted by Crippen LogP contribution is 2.24. The maximum absolute atomic E-state index is 11.7. The summed E-state index contributed by atoms with van der Waals surface area (Å²) in [7, 11) is 0. The van der Waals surface area contributed by atoms with E-state index in [0.29, 0.717) is 32.9 Å². The molecule has 0 unspecified atom stereocenters. The highest BCUT2D eigenvalue weighted by atomic mass is 16.5. The molecule has 0 N–H and O–H groups in total. The molecular formula is C15H22N2O4. The molecule has 0 aromatic carbocycles. The Morgan fingerprint density at radius 3 is 3.00 bits per heavy atom. The summed E-state index contributed by atoms with van der Waals surface area (Å²) in [5, 5.41) is 0. The first-order valence-corrected chi connectivity index (χ1v) is 7.38. The number of rotatable bonds is 2. The molecular weight excluding hydrogens is 272 g/mol. The van der Waals surface area contributed by atoms with E-state index in [0.717, 1.165) is 25.2 Å². The summed E-state index contributed by atoms with van der Waals surface area (Å²) >= 11 is 0. The van der Waals surface area contributed by atoms with E-state index in [2.05, 4.69) is 4.90 Å².